The quantitative estimate of drug-likeness (QED) is 0.647. The highest BCUT2D eigenvalue weighted by Gasteiger charge is 2.00. The molecule has 3 heteroatoms. The van der Waals surface area contributed by atoms with Crippen molar-refractivity contribution >= 4 is 11.6 Å². The maximum absolute atomic E-state index is 5.74. The Kier molecular flexibility index (Phi) is 2.78. The van der Waals surface area contributed by atoms with Crippen LogP contribution >= 0.6 is 11.6 Å². The van der Waals surface area contributed by atoms with Crippen molar-refractivity contribution < 1.29 is 0 Å². The maximum atomic E-state index is 5.74. The number of rotatable bonds is 2. The molecular weight excluding hydrogens is 148 g/mol. The van der Waals surface area contributed by atoms with E-state index in [-0.39, 0.29) is 0 Å². The molecular formula is C7H11ClN2. The van der Waals surface area contributed by atoms with E-state index in [0.29, 0.717) is 6.54 Å². The maximum Gasteiger partial charge on any atom is 0.0562 e. The lowest BCUT2D eigenvalue weighted by molar-refractivity contribution is 0.421. The van der Waals surface area contributed by atoms with Crippen LogP contribution in [0.3, 0.4) is 0 Å². The fourth-order valence-electron chi connectivity index (χ4n) is 0.892. The van der Waals surface area contributed by atoms with Crippen LogP contribution in [0.15, 0.2) is 23.4 Å². The zero-order valence-electron chi connectivity index (χ0n) is 5.76. The van der Waals surface area contributed by atoms with Gasteiger partial charge in [0.15, 0.2) is 0 Å². The van der Waals surface area contributed by atoms with E-state index in [2.05, 4.69) is 4.90 Å². The lowest BCUT2D eigenvalue weighted by atomic mass is 10.3. The summed E-state index contributed by atoms with van der Waals surface area (Å²) in [7, 11) is 0. The van der Waals surface area contributed by atoms with Gasteiger partial charge in [0, 0.05) is 25.8 Å². The highest BCUT2D eigenvalue weighted by atomic mass is 35.5. The zero-order valence-corrected chi connectivity index (χ0v) is 6.51. The van der Waals surface area contributed by atoms with Crippen molar-refractivity contribution in [1.82, 2.24) is 4.90 Å². The van der Waals surface area contributed by atoms with Gasteiger partial charge in [-0.2, -0.15) is 0 Å². The zero-order chi connectivity index (χ0) is 7.40. The molecule has 0 unspecified atom stereocenters. The summed E-state index contributed by atoms with van der Waals surface area (Å²) in [6, 6.07) is 0. The Morgan fingerprint density at radius 2 is 2.50 bits per heavy atom. The molecule has 1 rings (SSSR count). The van der Waals surface area contributed by atoms with Crippen molar-refractivity contribution in [3.63, 3.8) is 0 Å². The second-order valence-electron chi connectivity index (χ2n) is 2.20. The molecule has 2 N–H and O–H groups in total. The highest BCUT2D eigenvalue weighted by molar-refractivity contribution is 6.31. The third-order valence-electron chi connectivity index (χ3n) is 1.34. The number of nitrogens with two attached hydrogens (primary N) is 1. The molecule has 0 spiro atoms. The van der Waals surface area contributed by atoms with Gasteiger partial charge in [-0.15, -0.1) is 0 Å². The van der Waals surface area contributed by atoms with Crippen LogP contribution in [0.2, 0.25) is 0 Å². The molecule has 0 saturated carbocycles. The van der Waals surface area contributed by atoms with Crippen molar-refractivity contribution in [2.45, 2.75) is 0 Å². The average molecular weight is 159 g/mol. The minimum Gasteiger partial charge on any atom is -0.371 e. The summed E-state index contributed by atoms with van der Waals surface area (Å²) in [5.74, 6) is 0. The van der Waals surface area contributed by atoms with Crippen LogP contribution in [0.1, 0.15) is 0 Å². The molecule has 0 aromatic rings. The van der Waals surface area contributed by atoms with E-state index in [4.69, 9.17) is 17.3 Å². The second-order valence-corrected chi connectivity index (χ2v) is 2.64. The Bertz CT molecular complexity index is 163. The first-order chi connectivity index (χ1) is 4.83. The van der Waals surface area contributed by atoms with Gasteiger partial charge >= 0.3 is 0 Å². The van der Waals surface area contributed by atoms with E-state index in [1.165, 1.54) is 0 Å². The molecule has 0 saturated heterocycles. The van der Waals surface area contributed by atoms with Crippen molar-refractivity contribution in [2.24, 2.45) is 5.73 Å². The third-order valence-corrected chi connectivity index (χ3v) is 1.56. The first kappa shape index (κ1) is 7.63. The fourth-order valence-corrected chi connectivity index (χ4v) is 1.12. The summed E-state index contributed by atoms with van der Waals surface area (Å²) in [5.41, 5.74) is 5.37. The van der Waals surface area contributed by atoms with Gasteiger partial charge < -0.3 is 10.6 Å². The van der Waals surface area contributed by atoms with Gasteiger partial charge in [-0.3, -0.25) is 0 Å². The number of halogens is 1. The van der Waals surface area contributed by atoms with Crippen LogP contribution in [0, 0.1) is 0 Å². The molecule has 0 atom stereocenters. The Morgan fingerprint density at radius 3 is 3.10 bits per heavy atom. The molecule has 0 amide bonds. The minimum atomic E-state index is 0.675. The summed E-state index contributed by atoms with van der Waals surface area (Å²) in [5, 5.41) is 0.778. The van der Waals surface area contributed by atoms with Gasteiger partial charge in [-0.1, -0.05) is 17.7 Å². The molecule has 1 aliphatic heterocycles. The lowest BCUT2D eigenvalue weighted by Gasteiger charge is -2.20. The molecule has 0 bridgehead atoms. The smallest absolute Gasteiger partial charge is 0.0562 e. The van der Waals surface area contributed by atoms with Crippen LogP contribution in [0.5, 0.6) is 0 Å². The van der Waals surface area contributed by atoms with Crippen LogP contribution < -0.4 is 5.73 Å². The number of hydrogen-bond acceptors (Lipinski definition) is 2. The predicted molar refractivity (Wildman–Crippen MR) is 43.7 cm³/mol. The highest BCUT2D eigenvalue weighted by Crippen LogP contribution is 2.09. The van der Waals surface area contributed by atoms with Gasteiger partial charge in [0.2, 0.25) is 0 Å². The molecule has 56 valence electrons. The first-order valence-corrected chi connectivity index (χ1v) is 3.68. The number of allylic oxidation sites excluding steroid dienone is 2. The Balaban J connectivity index is 2.43. The van der Waals surface area contributed by atoms with Crippen molar-refractivity contribution in [3.05, 3.63) is 23.4 Å². The SMILES string of the molecule is NCCN1C=C(Cl)C=CC1. The summed E-state index contributed by atoms with van der Waals surface area (Å²) in [6.45, 7) is 2.47. The molecule has 0 aromatic heterocycles. The van der Waals surface area contributed by atoms with E-state index in [1.54, 1.807) is 0 Å². The van der Waals surface area contributed by atoms with E-state index < -0.39 is 0 Å². The summed E-state index contributed by atoms with van der Waals surface area (Å²) >= 11 is 5.74. The average Bonchev–Trinajstić information content (AvgIpc) is 1.88. The molecule has 0 fully saturated rings. The Hall–Kier alpha value is -0.470. The van der Waals surface area contributed by atoms with Crippen LogP contribution in [0.4, 0.5) is 0 Å². The summed E-state index contributed by atoms with van der Waals surface area (Å²) in [4.78, 5) is 2.09. The van der Waals surface area contributed by atoms with E-state index >= 15 is 0 Å². The first-order valence-electron chi connectivity index (χ1n) is 3.31. The van der Waals surface area contributed by atoms with Crippen LogP contribution in [0.25, 0.3) is 0 Å². The van der Waals surface area contributed by atoms with Crippen LogP contribution in [-0.2, 0) is 0 Å². The second kappa shape index (κ2) is 3.64. The molecule has 2 nitrogen and oxygen atoms in total. The minimum absolute atomic E-state index is 0.675. The topological polar surface area (TPSA) is 29.3 Å². The normalized spacial score (nSPS) is 17.4. The van der Waals surface area contributed by atoms with Crippen LogP contribution in [-0.4, -0.2) is 24.5 Å². The molecule has 1 aliphatic rings. The van der Waals surface area contributed by atoms with Gasteiger partial charge in [0.1, 0.15) is 0 Å². The van der Waals surface area contributed by atoms with Crippen molar-refractivity contribution in [2.75, 3.05) is 19.6 Å². The monoisotopic (exact) mass is 158 g/mol. The van der Waals surface area contributed by atoms with E-state index in [1.807, 2.05) is 18.4 Å². The molecule has 0 aliphatic carbocycles. The largest absolute Gasteiger partial charge is 0.371 e. The standard InChI is InChI=1S/C7H11ClN2/c8-7-2-1-4-10(6-7)5-3-9/h1-2,6H,3-5,9H2. The molecule has 10 heavy (non-hydrogen) atoms. The summed E-state index contributed by atoms with van der Waals surface area (Å²) in [6.07, 6.45) is 5.83. The summed E-state index contributed by atoms with van der Waals surface area (Å²) < 4.78 is 0. The van der Waals surface area contributed by atoms with Crippen molar-refractivity contribution in [1.29, 1.82) is 0 Å². The van der Waals surface area contributed by atoms with Gasteiger partial charge in [0.25, 0.3) is 0 Å². The predicted octanol–water partition coefficient (Wildman–Crippen LogP) is 0.897. The molecule has 0 radical (unpaired) electrons. The molecule has 1 heterocycles. The van der Waals surface area contributed by atoms with E-state index in [9.17, 15) is 0 Å². The van der Waals surface area contributed by atoms with Gasteiger partial charge in [0.05, 0.1) is 5.03 Å². The Morgan fingerprint density at radius 1 is 1.70 bits per heavy atom. The third kappa shape index (κ3) is 2.05. The van der Waals surface area contributed by atoms with Crippen molar-refractivity contribution in [3.8, 4) is 0 Å². The van der Waals surface area contributed by atoms with Gasteiger partial charge in [-0.25, -0.2) is 0 Å². The number of hydrogen-bond donors (Lipinski definition) is 1. The number of nitrogens with zero attached hydrogens (tertiary/aromatic N) is 1. The Labute approximate surface area is 65.9 Å². The molecule has 0 aromatic carbocycles. The van der Waals surface area contributed by atoms with Gasteiger partial charge in [-0.05, 0) is 6.08 Å². The van der Waals surface area contributed by atoms with E-state index in [0.717, 1.165) is 18.1 Å². The fraction of sp³-hybridized carbons (Fsp3) is 0.429. The lowest BCUT2D eigenvalue weighted by Crippen LogP contribution is -2.26.